The predicted molar refractivity (Wildman–Crippen MR) is 179 cm³/mol. The molecule has 0 spiro atoms. The van der Waals surface area contributed by atoms with Crippen LogP contribution in [-0.4, -0.2) is 23.8 Å². The highest BCUT2D eigenvalue weighted by Crippen LogP contribution is 2.36. The molecule has 8 nitrogen and oxygen atoms in total. The quantitative estimate of drug-likeness (QED) is 0.116. The lowest BCUT2D eigenvalue weighted by molar-refractivity contribution is -0.112. The minimum absolute atomic E-state index is 0.0635. The van der Waals surface area contributed by atoms with Gasteiger partial charge in [0.25, 0.3) is 11.7 Å². The third-order valence-corrected chi connectivity index (χ3v) is 7.61. The van der Waals surface area contributed by atoms with Gasteiger partial charge in [0.15, 0.2) is 5.75 Å². The van der Waals surface area contributed by atoms with Crippen molar-refractivity contribution in [3.63, 3.8) is 0 Å². The molecule has 0 aliphatic rings. The minimum Gasteiger partial charge on any atom is -0.493 e. The molecular formula is C37H35N5O3. The number of rotatable bonds is 9. The standard InChI is InChI=1S/C37H35N5O3/c1-23(24-11-7-6-8-12-24)40-33-21-27(17-18-39-33)41-31-16-15-30(28-13-9-10-14-29(28)31)34(43)36(44)42-32-20-26(37(2,3)4)19-25(22-38)35(32)45-5/h6-21,23H,1-5H3,(H,42,44)(H2,39,40,41)/t23-/m0/s1. The van der Waals surface area contributed by atoms with Gasteiger partial charge in [-0.05, 0) is 59.2 Å². The summed E-state index contributed by atoms with van der Waals surface area (Å²) in [7, 11) is 1.43. The van der Waals surface area contributed by atoms with Crippen LogP contribution >= 0.6 is 0 Å². The van der Waals surface area contributed by atoms with Gasteiger partial charge in [0.1, 0.15) is 11.9 Å². The molecule has 45 heavy (non-hydrogen) atoms. The molecule has 1 heterocycles. The number of nitrogens with zero attached hydrogens (tertiary/aromatic N) is 2. The Bertz CT molecular complexity index is 1920. The first-order valence-electron chi connectivity index (χ1n) is 14.6. The fourth-order valence-electron chi connectivity index (χ4n) is 5.15. The monoisotopic (exact) mass is 597 g/mol. The molecular weight excluding hydrogens is 562 g/mol. The number of ether oxygens (including phenoxy) is 1. The first-order chi connectivity index (χ1) is 21.6. The maximum absolute atomic E-state index is 13.6. The van der Waals surface area contributed by atoms with E-state index in [1.807, 2.05) is 75.4 Å². The molecule has 0 fully saturated rings. The SMILES string of the molecule is COc1c(C#N)cc(C(C)(C)C)cc1NC(=O)C(=O)c1ccc(Nc2ccnc(N[C@@H](C)c3ccccc3)c2)c2ccccc12. The van der Waals surface area contributed by atoms with E-state index in [9.17, 15) is 14.9 Å². The second-order valence-corrected chi connectivity index (χ2v) is 11.8. The third kappa shape index (κ3) is 6.78. The highest BCUT2D eigenvalue weighted by molar-refractivity contribution is 6.48. The Kier molecular flexibility index (Phi) is 8.82. The van der Waals surface area contributed by atoms with Crippen LogP contribution in [0, 0.1) is 11.3 Å². The van der Waals surface area contributed by atoms with Gasteiger partial charge < -0.3 is 20.7 Å². The van der Waals surface area contributed by atoms with Gasteiger partial charge >= 0.3 is 0 Å². The molecule has 1 amide bonds. The molecule has 8 heteroatoms. The Morgan fingerprint density at radius 2 is 1.60 bits per heavy atom. The van der Waals surface area contributed by atoms with Crippen molar-refractivity contribution in [1.82, 2.24) is 4.98 Å². The summed E-state index contributed by atoms with van der Waals surface area (Å²) in [6.07, 6.45) is 1.73. The van der Waals surface area contributed by atoms with Crippen molar-refractivity contribution in [3.05, 3.63) is 119 Å². The smallest absolute Gasteiger partial charge is 0.296 e. The van der Waals surface area contributed by atoms with Gasteiger partial charge in [-0.2, -0.15) is 5.26 Å². The van der Waals surface area contributed by atoms with Gasteiger partial charge in [0, 0.05) is 40.6 Å². The normalized spacial score (nSPS) is 11.7. The average molecular weight is 598 g/mol. The molecule has 0 aliphatic heterocycles. The summed E-state index contributed by atoms with van der Waals surface area (Å²) in [5.74, 6) is -0.605. The lowest BCUT2D eigenvalue weighted by Crippen LogP contribution is -2.24. The number of carbonyl (C=O) groups is 2. The molecule has 3 N–H and O–H groups in total. The maximum atomic E-state index is 13.6. The van der Waals surface area contributed by atoms with Gasteiger partial charge in [0.05, 0.1) is 18.4 Å². The molecule has 5 rings (SSSR count). The van der Waals surface area contributed by atoms with E-state index < -0.39 is 11.7 Å². The van der Waals surface area contributed by atoms with Crippen LogP contribution in [0.3, 0.4) is 0 Å². The van der Waals surface area contributed by atoms with E-state index in [0.717, 1.165) is 33.7 Å². The van der Waals surface area contributed by atoms with Gasteiger partial charge in [-0.25, -0.2) is 4.98 Å². The van der Waals surface area contributed by atoms with E-state index in [1.165, 1.54) is 7.11 Å². The zero-order chi connectivity index (χ0) is 32.1. The largest absolute Gasteiger partial charge is 0.493 e. The fraction of sp³-hybridized carbons (Fsp3) is 0.189. The van der Waals surface area contributed by atoms with Crippen LogP contribution in [0.15, 0.2) is 97.2 Å². The zero-order valence-corrected chi connectivity index (χ0v) is 25.9. The molecule has 4 aromatic carbocycles. The summed E-state index contributed by atoms with van der Waals surface area (Å²) in [4.78, 5) is 31.4. The number of ketones is 1. The second-order valence-electron chi connectivity index (χ2n) is 11.8. The first kappa shape index (κ1) is 30.8. The van der Waals surface area contributed by atoms with Crippen molar-refractivity contribution in [1.29, 1.82) is 5.26 Å². The van der Waals surface area contributed by atoms with E-state index >= 15 is 0 Å². The van der Waals surface area contributed by atoms with Crippen LogP contribution < -0.4 is 20.7 Å². The number of pyridine rings is 1. The molecule has 0 radical (unpaired) electrons. The van der Waals surface area contributed by atoms with E-state index in [2.05, 4.69) is 46.1 Å². The number of hydrogen-bond donors (Lipinski definition) is 3. The summed E-state index contributed by atoms with van der Waals surface area (Å²) < 4.78 is 5.45. The number of methoxy groups -OCH3 is 1. The van der Waals surface area contributed by atoms with Crippen molar-refractivity contribution in [2.45, 2.75) is 39.2 Å². The Hall–Kier alpha value is -5.68. The fourth-order valence-corrected chi connectivity index (χ4v) is 5.15. The Balaban J connectivity index is 1.41. The van der Waals surface area contributed by atoms with Crippen LogP contribution in [0.25, 0.3) is 10.8 Å². The maximum Gasteiger partial charge on any atom is 0.296 e. The van der Waals surface area contributed by atoms with Crippen molar-refractivity contribution in [3.8, 4) is 11.8 Å². The molecule has 5 aromatic rings. The van der Waals surface area contributed by atoms with Crippen LogP contribution in [0.4, 0.5) is 22.9 Å². The number of fused-ring (bicyclic) bond motifs is 1. The highest BCUT2D eigenvalue weighted by atomic mass is 16.5. The number of nitriles is 1. The molecule has 0 bridgehead atoms. The third-order valence-electron chi connectivity index (χ3n) is 7.61. The number of Topliss-reactive ketones (excluding diaryl/α,β-unsaturated/α-hetero) is 1. The predicted octanol–water partition coefficient (Wildman–Crippen LogP) is 8.15. The Morgan fingerprint density at radius 3 is 2.29 bits per heavy atom. The molecule has 0 unspecified atom stereocenters. The number of anilines is 4. The number of hydrogen-bond acceptors (Lipinski definition) is 7. The van der Waals surface area contributed by atoms with E-state index in [-0.39, 0.29) is 34.0 Å². The van der Waals surface area contributed by atoms with Crippen molar-refractivity contribution >= 4 is 45.3 Å². The minimum atomic E-state index is -0.827. The topological polar surface area (TPSA) is 116 Å². The number of benzene rings is 4. The van der Waals surface area contributed by atoms with Gasteiger partial charge in [-0.3, -0.25) is 9.59 Å². The first-order valence-corrected chi connectivity index (χ1v) is 14.6. The number of aromatic nitrogens is 1. The van der Waals surface area contributed by atoms with Crippen LogP contribution in [0.1, 0.15) is 60.8 Å². The molecule has 1 atom stereocenters. The summed E-state index contributed by atoms with van der Waals surface area (Å²) in [5, 5.41) is 20.7. The zero-order valence-electron chi connectivity index (χ0n) is 25.9. The molecule has 0 saturated carbocycles. The highest BCUT2D eigenvalue weighted by Gasteiger charge is 2.24. The lowest BCUT2D eigenvalue weighted by atomic mass is 9.85. The van der Waals surface area contributed by atoms with Crippen LogP contribution in [-0.2, 0) is 10.2 Å². The molecule has 226 valence electrons. The molecule has 1 aromatic heterocycles. The van der Waals surface area contributed by atoms with Crippen LogP contribution in [0.2, 0.25) is 0 Å². The van der Waals surface area contributed by atoms with Gasteiger partial charge in [-0.15, -0.1) is 0 Å². The number of amides is 1. The van der Waals surface area contributed by atoms with E-state index in [4.69, 9.17) is 4.74 Å². The van der Waals surface area contributed by atoms with E-state index in [1.54, 1.807) is 30.5 Å². The number of carbonyl (C=O) groups excluding carboxylic acids is 2. The van der Waals surface area contributed by atoms with Crippen LogP contribution in [0.5, 0.6) is 5.75 Å². The molecule has 0 saturated heterocycles. The summed E-state index contributed by atoms with van der Waals surface area (Å²) in [6, 6.07) is 30.5. The Labute approximate surface area is 263 Å². The lowest BCUT2D eigenvalue weighted by Gasteiger charge is -2.22. The number of nitrogens with one attached hydrogen (secondary N) is 3. The van der Waals surface area contributed by atoms with Gasteiger partial charge in [-0.1, -0.05) is 75.4 Å². The van der Waals surface area contributed by atoms with Crippen molar-refractivity contribution < 1.29 is 14.3 Å². The van der Waals surface area contributed by atoms with E-state index in [0.29, 0.717) is 5.39 Å². The van der Waals surface area contributed by atoms with Crippen molar-refractivity contribution in [2.24, 2.45) is 0 Å². The summed E-state index contributed by atoms with van der Waals surface area (Å²) in [5.41, 5.74) is 4.07. The second kappa shape index (κ2) is 12.9. The Morgan fingerprint density at radius 1 is 0.889 bits per heavy atom. The summed E-state index contributed by atoms with van der Waals surface area (Å²) in [6.45, 7) is 8.09. The van der Waals surface area contributed by atoms with Crippen molar-refractivity contribution in [2.75, 3.05) is 23.1 Å². The molecule has 0 aliphatic carbocycles. The average Bonchev–Trinajstić information content (AvgIpc) is 3.04. The summed E-state index contributed by atoms with van der Waals surface area (Å²) >= 11 is 0. The van der Waals surface area contributed by atoms with Gasteiger partial charge in [0.2, 0.25) is 0 Å².